The van der Waals surface area contributed by atoms with Crippen molar-refractivity contribution >= 4 is 46.4 Å². The number of H-pyrrole nitrogens is 1. The molecule has 1 heterocycles. The number of rotatable bonds is 3. The van der Waals surface area contributed by atoms with E-state index in [0.29, 0.717) is 32.1 Å². The van der Waals surface area contributed by atoms with Gasteiger partial charge in [0.25, 0.3) is 5.91 Å². The van der Waals surface area contributed by atoms with Gasteiger partial charge in [-0.15, -0.1) is 0 Å². The highest BCUT2D eigenvalue weighted by Gasteiger charge is 2.12. The average Bonchev–Trinajstić information content (AvgIpc) is 3.02. The third-order valence-electron chi connectivity index (χ3n) is 3.14. The average molecular weight is 367 g/mol. The molecule has 3 rings (SSSR count). The lowest BCUT2D eigenvalue weighted by molar-refractivity contribution is 0.102. The fourth-order valence-corrected chi connectivity index (χ4v) is 2.40. The molecule has 0 saturated carbocycles. The number of aromatic nitrogens is 2. The number of carbonyl (C=O) groups is 1. The van der Waals surface area contributed by atoms with Crippen LogP contribution in [-0.4, -0.2) is 16.1 Å². The van der Waals surface area contributed by atoms with Gasteiger partial charge >= 0.3 is 0 Å². The Morgan fingerprint density at radius 2 is 1.70 bits per heavy atom. The summed E-state index contributed by atoms with van der Waals surface area (Å²) in [5.74, 6) is -0.323. The molecule has 7 heteroatoms. The first-order valence-corrected chi connectivity index (χ1v) is 7.74. The molecular formula is C16H10Cl3N3O. The highest BCUT2D eigenvalue weighted by molar-refractivity contribution is 6.42. The van der Waals surface area contributed by atoms with Crippen LogP contribution >= 0.6 is 34.8 Å². The van der Waals surface area contributed by atoms with Crippen LogP contribution in [0.5, 0.6) is 0 Å². The first kappa shape index (κ1) is 15.9. The van der Waals surface area contributed by atoms with Crippen LogP contribution in [0.15, 0.2) is 48.5 Å². The highest BCUT2D eigenvalue weighted by Crippen LogP contribution is 2.25. The molecule has 0 spiro atoms. The van der Waals surface area contributed by atoms with E-state index in [0.717, 1.165) is 5.56 Å². The first-order chi connectivity index (χ1) is 11.0. The number of hydrogen-bond acceptors (Lipinski definition) is 2. The van der Waals surface area contributed by atoms with Gasteiger partial charge in [0, 0.05) is 16.3 Å². The van der Waals surface area contributed by atoms with Gasteiger partial charge in [-0.1, -0.05) is 46.9 Å². The SMILES string of the molecule is O=C(Nc1ccc(Cl)c(Cl)c1)c1cc(-c2ccc(Cl)cc2)n[nH]1. The first-order valence-electron chi connectivity index (χ1n) is 6.61. The summed E-state index contributed by atoms with van der Waals surface area (Å²) in [5.41, 5.74) is 2.40. The Morgan fingerprint density at radius 3 is 2.39 bits per heavy atom. The van der Waals surface area contributed by atoms with Gasteiger partial charge in [0.1, 0.15) is 5.69 Å². The van der Waals surface area contributed by atoms with Crippen molar-refractivity contribution in [2.24, 2.45) is 0 Å². The second-order valence-electron chi connectivity index (χ2n) is 4.76. The minimum absolute atomic E-state index is 0.323. The maximum atomic E-state index is 12.2. The second-order valence-corrected chi connectivity index (χ2v) is 6.01. The lowest BCUT2D eigenvalue weighted by Gasteiger charge is -2.04. The molecule has 2 N–H and O–H groups in total. The third-order valence-corrected chi connectivity index (χ3v) is 4.13. The molecule has 0 fully saturated rings. The van der Waals surface area contributed by atoms with Crippen molar-refractivity contribution < 1.29 is 4.79 Å². The van der Waals surface area contributed by atoms with E-state index in [2.05, 4.69) is 15.5 Å². The number of carbonyl (C=O) groups excluding carboxylic acids is 1. The standard InChI is InChI=1S/C16H10Cl3N3O/c17-10-3-1-9(2-4-10)14-8-15(22-21-14)16(23)20-11-5-6-12(18)13(19)7-11/h1-8H,(H,20,23)(H,21,22). The van der Waals surface area contributed by atoms with Gasteiger partial charge in [-0.25, -0.2) is 0 Å². The summed E-state index contributed by atoms with van der Waals surface area (Å²) >= 11 is 17.6. The number of aromatic amines is 1. The summed E-state index contributed by atoms with van der Waals surface area (Å²) in [7, 11) is 0. The van der Waals surface area contributed by atoms with Crippen LogP contribution < -0.4 is 5.32 Å². The molecule has 0 aliphatic heterocycles. The van der Waals surface area contributed by atoms with Crippen LogP contribution in [0.2, 0.25) is 15.1 Å². The van der Waals surface area contributed by atoms with Gasteiger partial charge < -0.3 is 5.32 Å². The predicted molar refractivity (Wildman–Crippen MR) is 93.4 cm³/mol. The quantitative estimate of drug-likeness (QED) is 0.661. The van der Waals surface area contributed by atoms with E-state index in [1.165, 1.54) is 0 Å². The van der Waals surface area contributed by atoms with E-state index in [1.54, 1.807) is 36.4 Å². The molecule has 1 aromatic heterocycles. The van der Waals surface area contributed by atoms with Crippen LogP contribution in [-0.2, 0) is 0 Å². The maximum Gasteiger partial charge on any atom is 0.273 e. The van der Waals surface area contributed by atoms with Crippen LogP contribution in [0.3, 0.4) is 0 Å². The van der Waals surface area contributed by atoms with E-state index >= 15 is 0 Å². The van der Waals surface area contributed by atoms with Crippen molar-refractivity contribution in [2.45, 2.75) is 0 Å². The number of benzene rings is 2. The summed E-state index contributed by atoms with van der Waals surface area (Å²) < 4.78 is 0. The zero-order valence-electron chi connectivity index (χ0n) is 11.6. The Labute approximate surface area is 147 Å². The number of nitrogens with one attached hydrogen (secondary N) is 2. The molecule has 116 valence electrons. The Kier molecular flexibility index (Phi) is 4.57. The summed E-state index contributed by atoms with van der Waals surface area (Å²) in [6, 6.07) is 13.7. The van der Waals surface area contributed by atoms with Crippen LogP contribution in [0.4, 0.5) is 5.69 Å². The molecule has 0 aliphatic carbocycles. The molecule has 0 atom stereocenters. The molecule has 3 aromatic rings. The number of anilines is 1. The minimum Gasteiger partial charge on any atom is -0.321 e. The van der Waals surface area contributed by atoms with E-state index in [4.69, 9.17) is 34.8 Å². The molecule has 23 heavy (non-hydrogen) atoms. The van der Waals surface area contributed by atoms with E-state index in [1.807, 2.05) is 12.1 Å². The summed E-state index contributed by atoms with van der Waals surface area (Å²) in [4.78, 5) is 12.2. The molecule has 0 bridgehead atoms. The second kappa shape index (κ2) is 6.62. The van der Waals surface area contributed by atoms with Crippen LogP contribution in [0, 0.1) is 0 Å². The molecular weight excluding hydrogens is 357 g/mol. The van der Waals surface area contributed by atoms with Crippen molar-refractivity contribution in [3.05, 3.63) is 69.3 Å². The summed E-state index contributed by atoms with van der Waals surface area (Å²) in [6.45, 7) is 0. The maximum absolute atomic E-state index is 12.2. The zero-order valence-corrected chi connectivity index (χ0v) is 13.9. The summed E-state index contributed by atoms with van der Waals surface area (Å²) in [6.07, 6.45) is 0. The van der Waals surface area contributed by atoms with Crippen LogP contribution in [0.25, 0.3) is 11.3 Å². The van der Waals surface area contributed by atoms with Crippen molar-refractivity contribution in [2.75, 3.05) is 5.32 Å². The summed E-state index contributed by atoms with van der Waals surface area (Å²) in [5, 5.41) is 11.0. The lowest BCUT2D eigenvalue weighted by Crippen LogP contribution is -2.12. The topological polar surface area (TPSA) is 57.8 Å². The number of halogens is 3. The minimum atomic E-state index is -0.323. The number of nitrogens with zero attached hydrogens (tertiary/aromatic N) is 1. The Balaban J connectivity index is 1.78. The predicted octanol–water partition coefficient (Wildman–Crippen LogP) is 5.29. The molecule has 0 radical (unpaired) electrons. The van der Waals surface area contributed by atoms with Crippen molar-refractivity contribution in [1.29, 1.82) is 0 Å². The Morgan fingerprint density at radius 1 is 0.957 bits per heavy atom. The monoisotopic (exact) mass is 365 g/mol. The van der Waals surface area contributed by atoms with Crippen molar-refractivity contribution in [1.82, 2.24) is 10.2 Å². The normalized spacial score (nSPS) is 10.6. The van der Waals surface area contributed by atoms with Crippen molar-refractivity contribution in [3.8, 4) is 11.3 Å². The Bertz CT molecular complexity index is 859. The largest absolute Gasteiger partial charge is 0.321 e. The molecule has 4 nitrogen and oxygen atoms in total. The molecule has 2 aromatic carbocycles. The van der Waals surface area contributed by atoms with Crippen molar-refractivity contribution in [3.63, 3.8) is 0 Å². The van der Waals surface area contributed by atoms with Gasteiger partial charge in [-0.3, -0.25) is 9.89 Å². The van der Waals surface area contributed by atoms with Gasteiger partial charge in [0.2, 0.25) is 0 Å². The molecule has 0 saturated heterocycles. The smallest absolute Gasteiger partial charge is 0.273 e. The van der Waals surface area contributed by atoms with E-state index in [-0.39, 0.29) is 5.91 Å². The zero-order chi connectivity index (χ0) is 16.4. The molecule has 0 unspecified atom stereocenters. The van der Waals surface area contributed by atoms with E-state index < -0.39 is 0 Å². The lowest BCUT2D eigenvalue weighted by atomic mass is 10.1. The highest BCUT2D eigenvalue weighted by atomic mass is 35.5. The Hall–Kier alpha value is -2.01. The van der Waals surface area contributed by atoms with E-state index in [9.17, 15) is 4.79 Å². The number of hydrogen-bond donors (Lipinski definition) is 2. The van der Waals surface area contributed by atoms with Gasteiger partial charge in [0.15, 0.2) is 0 Å². The van der Waals surface area contributed by atoms with Crippen LogP contribution in [0.1, 0.15) is 10.5 Å². The third kappa shape index (κ3) is 3.67. The van der Waals surface area contributed by atoms with Gasteiger partial charge in [-0.05, 0) is 36.4 Å². The molecule has 1 amide bonds. The fraction of sp³-hybridized carbons (Fsp3) is 0. The fourth-order valence-electron chi connectivity index (χ4n) is 1.98. The van der Waals surface area contributed by atoms with Gasteiger partial charge in [-0.2, -0.15) is 5.10 Å². The van der Waals surface area contributed by atoms with Gasteiger partial charge in [0.05, 0.1) is 15.7 Å². The number of amides is 1. The molecule has 0 aliphatic rings.